The molecule has 0 aliphatic carbocycles. The van der Waals surface area contributed by atoms with Gasteiger partial charge in [0.2, 0.25) is 11.8 Å². The summed E-state index contributed by atoms with van der Waals surface area (Å²) in [5.41, 5.74) is 2.67. The molecule has 4 nitrogen and oxygen atoms in total. The first kappa shape index (κ1) is 20.8. The molecule has 3 rings (SSSR count). The molecule has 2 aromatic carbocycles. The van der Waals surface area contributed by atoms with Crippen LogP contribution in [0.4, 0.5) is 4.39 Å². The molecule has 1 fully saturated rings. The summed E-state index contributed by atoms with van der Waals surface area (Å²) in [5, 5.41) is 0. The predicted molar refractivity (Wildman–Crippen MR) is 113 cm³/mol. The van der Waals surface area contributed by atoms with E-state index in [4.69, 9.17) is 0 Å². The number of carbonyl (C=O) groups is 2. The number of rotatable bonds is 6. The molecule has 2 aromatic rings. The third-order valence-corrected chi connectivity index (χ3v) is 5.37. The summed E-state index contributed by atoms with van der Waals surface area (Å²) >= 11 is 0. The maximum absolute atomic E-state index is 13.8. The second-order valence-corrected chi connectivity index (χ2v) is 7.33. The predicted octanol–water partition coefficient (Wildman–Crippen LogP) is 3.92. The Morgan fingerprint density at radius 2 is 2.00 bits per heavy atom. The van der Waals surface area contributed by atoms with E-state index in [0.717, 1.165) is 16.7 Å². The van der Waals surface area contributed by atoms with Crippen LogP contribution in [0.15, 0.2) is 61.2 Å². The number of nitrogens with zero attached hydrogens (tertiary/aromatic N) is 2. The Morgan fingerprint density at radius 1 is 1.21 bits per heavy atom. The van der Waals surface area contributed by atoms with Crippen molar-refractivity contribution in [2.24, 2.45) is 5.92 Å². The molecule has 0 bridgehead atoms. The molecule has 0 radical (unpaired) electrons. The molecule has 0 saturated carbocycles. The molecule has 1 atom stereocenters. The van der Waals surface area contributed by atoms with Gasteiger partial charge >= 0.3 is 0 Å². The zero-order valence-corrected chi connectivity index (χ0v) is 16.8. The van der Waals surface area contributed by atoms with Crippen LogP contribution < -0.4 is 0 Å². The van der Waals surface area contributed by atoms with Crippen molar-refractivity contribution in [1.29, 1.82) is 0 Å². The number of amides is 2. The van der Waals surface area contributed by atoms with Gasteiger partial charge in [0.1, 0.15) is 5.82 Å². The minimum Gasteiger partial charge on any atom is -0.340 e. The number of hydrogen-bond donors (Lipinski definition) is 0. The highest BCUT2D eigenvalue weighted by Crippen LogP contribution is 2.28. The second-order valence-electron chi connectivity index (χ2n) is 7.33. The van der Waals surface area contributed by atoms with E-state index in [1.165, 1.54) is 12.1 Å². The Morgan fingerprint density at radius 3 is 2.72 bits per heavy atom. The molecular formula is C24H27FN2O2. The first-order valence-corrected chi connectivity index (χ1v) is 10.0. The molecule has 0 N–H and O–H groups in total. The molecule has 1 heterocycles. The van der Waals surface area contributed by atoms with Crippen LogP contribution in [0.25, 0.3) is 11.1 Å². The van der Waals surface area contributed by atoms with Crippen LogP contribution in [0, 0.1) is 11.7 Å². The maximum atomic E-state index is 13.8. The van der Waals surface area contributed by atoms with Crippen molar-refractivity contribution in [2.75, 3.05) is 26.2 Å². The van der Waals surface area contributed by atoms with Gasteiger partial charge in [0.15, 0.2) is 0 Å². The number of carbonyl (C=O) groups excluding carboxylic acids is 2. The van der Waals surface area contributed by atoms with Gasteiger partial charge in [-0.2, -0.15) is 0 Å². The summed E-state index contributed by atoms with van der Waals surface area (Å²) in [7, 11) is 0. The van der Waals surface area contributed by atoms with Crippen molar-refractivity contribution in [3.05, 3.63) is 72.6 Å². The van der Waals surface area contributed by atoms with Gasteiger partial charge in [0.05, 0.1) is 5.92 Å². The SMILES string of the molecule is C=CCN1CCN(C(=O)CC)C[C@H](Cc2ccccc2-c2cccc(F)c2)C1=O. The summed E-state index contributed by atoms with van der Waals surface area (Å²) in [4.78, 5) is 29.1. The van der Waals surface area contributed by atoms with Crippen LogP contribution in [-0.4, -0.2) is 47.8 Å². The third kappa shape index (κ3) is 4.91. The Kier molecular flexibility index (Phi) is 6.81. The fraction of sp³-hybridized carbons (Fsp3) is 0.333. The molecule has 152 valence electrons. The lowest BCUT2D eigenvalue weighted by Gasteiger charge is -2.24. The summed E-state index contributed by atoms with van der Waals surface area (Å²) in [6.45, 7) is 7.50. The van der Waals surface area contributed by atoms with Crippen molar-refractivity contribution >= 4 is 11.8 Å². The highest BCUT2D eigenvalue weighted by molar-refractivity contribution is 5.83. The van der Waals surface area contributed by atoms with Crippen molar-refractivity contribution in [2.45, 2.75) is 19.8 Å². The van der Waals surface area contributed by atoms with Crippen LogP contribution >= 0.6 is 0 Å². The van der Waals surface area contributed by atoms with E-state index in [0.29, 0.717) is 39.0 Å². The largest absolute Gasteiger partial charge is 0.340 e. The normalized spacial score (nSPS) is 17.2. The van der Waals surface area contributed by atoms with Gasteiger partial charge in [0.25, 0.3) is 0 Å². The van der Waals surface area contributed by atoms with Gasteiger partial charge in [-0.25, -0.2) is 4.39 Å². The van der Waals surface area contributed by atoms with Crippen LogP contribution in [-0.2, 0) is 16.0 Å². The molecule has 5 heteroatoms. The molecule has 29 heavy (non-hydrogen) atoms. The molecule has 1 aliphatic rings. The molecule has 1 aliphatic heterocycles. The first-order chi connectivity index (χ1) is 14.0. The second kappa shape index (κ2) is 9.50. The van der Waals surface area contributed by atoms with Crippen LogP contribution in [0.1, 0.15) is 18.9 Å². The van der Waals surface area contributed by atoms with E-state index in [1.807, 2.05) is 37.3 Å². The highest BCUT2D eigenvalue weighted by atomic mass is 19.1. The van der Waals surface area contributed by atoms with Gasteiger partial charge in [-0.3, -0.25) is 9.59 Å². The van der Waals surface area contributed by atoms with Crippen LogP contribution in [0.5, 0.6) is 0 Å². The molecular weight excluding hydrogens is 367 g/mol. The standard InChI is InChI=1S/C24H27FN2O2/c1-3-12-26-13-14-27(23(28)4-2)17-20(24(26)29)15-18-8-5-6-11-22(18)19-9-7-10-21(25)16-19/h3,5-11,16,20H,1,4,12-15,17H2,2H3/t20-/m0/s1. The quantitative estimate of drug-likeness (QED) is 0.697. The lowest BCUT2D eigenvalue weighted by molar-refractivity contribution is -0.134. The summed E-state index contributed by atoms with van der Waals surface area (Å²) in [6.07, 6.45) is 2.63. The number of benzene rings is 2. The fourth-order valence-electron chi connectivity index (χ4n) is 3.89. The Balaban J connectivity index is 1.93. The highest BCUT2D eigenvalue weighted by Gasteiger charge is 2.31. The van der Waals surface area contributed by atoms with Crippen LogP contribution in [0.3, 0.4) is 0 Å². The monoisotopic (exact) mass is 394 g/mol. The first-order valence-electron chi connectivity index (χ1n) is 10.0. The minimum absolute atomic E-state index is 0.0327. The van der Waals surface area contributed by atoms with Crippen molar-refractivity contribution in [1.82, 2.24) is 9.80 Å². The lowest BCUT2D eigenvalue weighted by Crippen LogP contribution is -2.38. The third-order valence-electron chi connectivity index (χ3n) is 5.37. The van der Waals surface area contributed by atoms with E-state index < -0.39 is 0 Å². The van der Waals surface area contributed by atoms with Gasteiger partial charge in [-0.1, -0.05) is 49.4 Å². The van der Waals surface area contributed by atoms with Gasteiger partial charge < -0.3 is 9.80 Å². The van der Waals surface area contributed by atoms with Crippen molar-refractivity contribution in [3.8, 4) is 11.1 Å². The average molecular weight is 394 g/mol. The Hall–Kier alpha value is -2.95. The van der Waals surface area contributed by atoms with E-state index in [9.17, 15) is 14.0 Å². The van der Waals surface area contributed by atoms with Gasteiger partial charge in [-0.05, 0) is 35.2 Å². The van der Waals surface area contributed by atoms with E-state index in [2.05, 4.69) is 6.58 Å². The number of halogens is 1. The summed E-state index contributed by atoms with van der Waals surface area (Å²) in [5.74, 6) is -0.547. The molecule has 0 unspecified atom stereocenters. The molecule has 0 aromatic heterocycles. The van der Waals surface area contributed by atoms with E-state index in [-0.39, 0.29) is 23.5 Å². The molecule has 2 amide bonds. The zero-order chi connectivity index (χ0) is 20.8. The van der Waals surface area contributed by atoms with Crippen molar-refractivity contribution in [3.63, 3.8) is 0 Å². The smallest absolute Gasteiger partial charge is 0.228 e. The molecule has 0 spiro atoms. The molecule has 1 saturated heterocycles. The zero-order valence-electron chi connectivity index (χ0n) is 16.8. The number of hydrogen-bond acceptors (Lipinski definition) is 2. The van der Waals surface area contributed by atoms with Gasteiger partial charge in [0, 0.05) is 32.6 Å². The van der Waals surface area contributed by atoms with Crippen molar-refractivity contribution < 1.29 is 14.0 Å². The van der Waals surface area contributed by atoms with Gasteiger partial charge in [-0.15, -0.1) is 6.58 Å². The van der Waals surface area contributed by atoms with E-state index >= 15 is 0 Å². The van der Waals surface area contributed by atoms with E-state index in [1.54, 1.807) is 21.9 Å². The fourth-order valence-corrected chi connectivity index (χ4v) is 3.89. The Labute approximate surface area is 171 Å². The average Bonchev–Trinajstić information content (AvgIpc) is 2.88. The topological polar surface area (TPSA) is 40.6 Å². The maximum Gasteiger partial charge on any atom is 0.228 e. The summed E-state index contributed by atoms with van der Waals surface area (Å²) < 4.78 is 13.8. The minimum atomic E-state index is -0.345. The lowest BCUT2D eigenvalue weighted by atomic mass is 9.91. The van der Waals surface area contributed by atoms with Crippen LogP contribution in [0.2, 0.25) is 0 Å². The summed E-state index contributed by atoms with van der Waals surface area (Å²) in [6, 6.07) is 14.2. The Bertz CT molecular complexity index is 896.